The van der Waals surface area contributed by atoms with E-state index >= 15 is 0 Å². The molecule has 0 aliphatic carbocycles. The zero-order chi connectivity index (χ0) is 16.4. The molecule has 0 fully saturated rings. The number of hydrogen-bond donors (Lipinski definition) is 1. The van der Waals surface area contributed by atoms with E-state index in [0.717, 1.165) is 4.90 Å². The molecule has 1 aromatic carbocycles. The lowest BCUT2D eigenvalue weighted by Gasteiger charge is -2.29. The van der Waals surface area contributed by atoms with Crippen molar-refractivity contribution in [3.63, 3.8) is 0 Å². The summed E-state index contributed by atoms with van der Waals surface area (Å²) >= 11 is 0. The minimum atomic E-state index is -0.999. The van der Waals surface area contributed by atoms with Gasteiger partial charge in [-0.1, -0.05) is 32.4 Å². The molecule has 4 amide bonds. The van der Waals surface area contributed by atoms with E-state index in [1.54, 1.807) is 31.2 Å². The van der Waals surface area contributed by atoms with Crippen LogP contribution in [0.2, 0.25) is 0 Å². The van der Waals surface area contributed by atoms with E-state index < -0.39 is 29.7 Å². The van der Waals surface area contributed by atoms with Crippen molar-refractivity contribution in [2.45, 2.75) is 33.2 Å². The normalized spacial score (nSPS) is 16.2. The van der Waals surface area contributed by atoms with Gasteiger partial charge in [0.25, 0.3) is 11.8 Å². The van der Waals surface area contributed by atoms with Crippen molar-refractivity contribution in [2.75, 3.05) is 0 Å². The van der Waals surface area contributed by atoms with E-state index in [1.807, 2.05) is 6.92 Å². The first-order valence-corrected chi connectivity index (χ1v) is 7.16. The predicted octanol–water partition coefficient (Wildman–Crippen LogP) is 1.36. The molecule has 2 atom stereocenters. The van der Waals surface area contributed by atoms with E-state index in [-0.39, 0.29) is 17.0 Å². The van der Waals surface area contributed by atoms with Crippen LogP contribution in [0.15, 0.2) is 24.3 Å². The van der Waals surface area contributed by atoms with Crippen LogP contribution in [0.1, 0.15) is 47.9 Å². The van der Waals surface area contributed by atoms with Crippen LogP contribution in [0, 0.1) is 5.92 Å². The van der Waals surface area contributed by atoms with Crippen LogP contribution in [0.25, 0.3) is 0 Å². The number of imide groups is 2. The van der Waals surface area contributed by atoms with Crippen molar-refractivity contribution in [3.05, 3.63) is 35.4 Å². The van der Waals surface area contributed by atoms with Gasteiger partial charge < -0.3 is 0 Å². The Morgan fingerprint density at radius 1 is 1.14 bits per heavy atom. The topological polar surface area (TPSA) is 83.6 Å². The van der Waals surface area contributed by atoms with Gasteiger partial charge in [0.2, 0.25) is 11.8 Å². The maximum absolute atomic E-state index is 12.5. The number of fused-ring (bicyclic) bond motifs is 1. The Hall–Kier alpha value is -2.50. The molecule has 0 aromatic heterocycles. The predicted molar refractivity (Wildman–Crippen MR) is 79.0 cm³/mol. The molecule has 6 heteroatoms. The number of carbonyl (C=O) groups is 4. The molecule has 2 rings (SSSR count). The van der Waals surface area contributed by atoms with E-state index in [1.165, 1.54) is 6.92 Å². The van der Waals surface area contributed by atoms with Gasteiger partial charge >= 0.3 is 0 Å². The fraction of sp³-hybridized carbons (Fsp3) is 0.375. The lowest BCUT2D eigenvalue weighted by atomic mass is 9.96. The summed E-state index contributed by atoms with van der Waals surface area (Å²) in [6, 6.07) is 5.46. The van der Waals surface area contributed by atoms with Crippen LogP contribution in [-0.4, -0.2) is 34.6 Å². The summed E-state index contributed by atoms with van der Waals surface area (Å²) < 4.78 is 0. The molecule has 1 aliphatic rings. The van der Waals surface area contributed by atoms with E-state index in [0.29, 0.717) is 6.42 Å². The third-order valence-electron chi connectivity index (χ3n) is 3.85. The monoisotopic (exact) mass is 302 g/mol. The van der Waals surface area contributed by atoms with Gasteiger partial charge in [0.05, 0.1) is 11.1 Å². The van der Waals surface area contributed by atoms with Gasteiger partial charge in [-0.3, -0.25) is 29.4 Å². The van der Waals surface area contributed by atoms with Crippen molar-refractivity contribution in [1.29, 1.82) is 0 Å². The average molecular weight is 302 g/mol. The maximum atomic E-state index is 12.5. The van der Waals surface area contributed by atoms with Gasteiger partial charge in [-0.2, -0.15) is 0 Å². The van der Waals surface area contributed by atoms with Gasteiger partial charge in [0, 0.05) is 6.92 Å². The second-order valence-corrected chi connectivity index (χ2v) is 5.40. The molecule has 1 heterocycles. The van der Waals surface area contributed by atoms with E-state index in [2.05, 4.69) is 5.32 Å². The summed E-state index contributed by atoms with van der Waals surface area (Å²) in [6.07, 6.45) is 0.587. The Morgan fingerprint density at radius 2 is 1.64 bits per heavy atom. The molecule has 0 bridgehead atoms. The minimum absolute atomic E-state index is 0.262. The largest absolute Gasteiger partial charge is 0.295 e. The van der Waals surface area contributed by atoms with Gasteiger partial charge in [0.15, 0.2) is 0 Å². The molecule has 0 saturated heterocycles. The zero-order valence-electron chi connectivity index (χ0n) is 12.8. The number of nitrogens with one attached hydrogen (secondary N) is 1. The SMILES string of the molecule is CC[C@H](C)C(C(=O)NC(C)=O)N1C(=O)c2ccccc2C1=O. The van der Waals surface area contributed by atoms with Crippen molar-refractivity contribution >= 4 is 23.6 Å². The van der Waals surface area contributed by atoms with Gasteiger partial charge in [-0.15, -0.1) is 0 Å². The highest BCUT2D eigenvalue weighted by molar-refractivity contribution is 6.23. The first-order chi connectivity index (χ1) is 10.4. The minimum Gasteiger partial charge on any atom is -0.295 e. The summed E-state index contributed by atoms with van der Waals surface area (Å²) in [7, 11) is 0. The lowest BCUT2D eigenvalue weighted by molar-refractivity contribution is -0.132. The first kappa shape index (κ1) is 15.9. The summed E-state index contributed by atoms with van der Waals surface area (Å²) in [5.41, 5.74) is 0.577. The molecule has 22 heavy (non-hydrogen) atoms. The number of carbonyl (C=O) groups excluding carboxylic acids is 4. The number of amides is 4. The van der Waals surface area contributed by atoms with Crippen LogP contribution in [0.3, 0.4) is 0 Å². The molecule has 1 aromatic rings. The molecular weight excluding hydrogens is 284 g/mol. The molecule has 0 spiro atoms. The highest BCUT2D eigenvalue weighted by Crippen LogP contribution is 2.28. The average Bonchev–Trinajstić information content (AvgIpc) is 2.72. The number of hydrogen-bond acceptors (Lipinski definition) is 4. The Morgan fingerprint density at radius 3 is 2.05 bits per heavy atom. The van der Waals surface area contributed by atoms with E-state index in [9.17, 15) is 19.2 Å². The zero-order valence-corrected chi connectivity index (χ0v) is 12.8. The molecule has 0 radical (unpaired) electrons. The van der Waals surface area contributed by atoms with Crippen molar-refractivity contribution < 1.29 is 19.2 Å². The quantitative estimate of drug-likeness (QED) is 0.851. The third kappa shape index (κ3) is 2.64. The van der Waals surface area contributed by atoms with Crippen LogP contribution < -0.4 is 5.32 Å². The van der Waals surface area contributed by atoms with Crippen molar-refractivity contribution in [2.24, 2.45) is 5.92 Å². The molecule has 1 N–H and O–H groups in total. The van der Waals surface area contributed by atoms with Crippen molar-refractivity contribution in [1.82, 2.24) is 10.2 Å². The summed E-state index contributed by atoms with van der Waals surface area (Å²) in [6.45, 7) is 4.85. The van der Waals surface area contributed by atoms with Gasteiger partial charge in [-0.05, 0) is 18.1 Å². The van der Waals surface area contributed by atoms with Crippen LogP contribution in [0.5, 0.6) is 0 Å². The first-order valence-electron chi connectivity index (χ1n) is 7.16. The highest BCUT2D eigenvalue weighted by Gasteiger charge is 2.44. The standard InChI is InChI=1S/C16H18N2O4/c1-4-9(2)13(14(20)17-10(3)19)18-15(21)11-7-5-6-8-12(11)16(18)22/h5-9,13H,4H2,1-3H3,(H,17,19,20)/t9-,13?/m0/s1. The lowest BCUT2D eigenvalue weighted by Crippen LogP contribution is -2.53. The Balaban J connectivity index is 2.41. The number of rotatable bonds is 4. The van der Waals surface area contributed by atoms with Crippen molar-refractivity contribution in [3.8, 4) is 0 Å². The second-order valence-electron chi connectivity index (χ2n) is 5.40. The fourth-order valence-electron chi connectivity index (χ4n) is 2.56. The molecule has 1 aliphatic heterocycles. The van der Waals surface area contributed by atoms with Gasteiger partial charge in [-0.25, -0.2) is 0 Å². The Kier molecular flexibility index (Phi) is 4.40. The molecular formula is C16H18N2O4. The number of benzene rings is 1. The van der Waals surface area contributed by atoms with E-state index in [4.69, 9.17) is 0 Å². The Labute approximate surface area is 128 Å². The number of nitrogens with zero attached hydrogens (tertiary/aromatic N) is 1. The summed E-state index contributed by atoms with van der Waals surface area (Å²) in [4.78, 5) is 49.4. The third-order valence-corrected chi connectivity index (χ3v) is 3.85. The molecule has 6 nitrogen and oxygen atoms in total. The fourth-order valence-corrected chi connectivity index (χ4v) is 2.56. The van der Waals surface area contributed by atoms with Crippen LogP contribution in [0.4, 0.5) is 0 Å². The second kappa shape index (κ2) is 6.09. The summed E-state index contributed by atoms with van der Waals surface area (Å²) in [5, 5.41) is 2.18. The molecule has 0 saturated carbocycles. The smallest absolute Gasteiger partial charge is 0.262 e. The Bertz CT molecular complexity index is 618. The van der Waals surface area contributed by atoms with Gasteiger partial charge in [0.1, 0.15) is 6.04 Å². The summed E-state index contributed by atoms with van der Waals surface area (Å²) in [5.74, 6) is -2.40. The highest BCUT2D eigenvalue weighted by atomic mass is 16.2. The molecule has 116 valence electrons. The van der Waals surface area contributed by atoms with Crippen LogP contribution in [-0.2, 0) is 9.59 Å². The maximum Gasteiger partial charge on any atom is 0.262 e. The van der Waals surface area contributed by atoms with Crippen LogP contribution >= 0.6 is 0 Å². The molecule has 1 unspecified atom stereocenters.